The summed E-state index contributed by atoms with van der Waals surface area (Å²) < 4.78 is 11.8. The van der Waals surface area contributed by atoms with Crippen LogP contribution in [0.4, 0.5) is 0 Å². The SMILES string of the molecule is CCOc1cc2oc3c(c2cc1/C(C)=C/C(=O)NC)CCCC3. The molecule has 1 N–H and O–H groups in total. The first-order valence-electron chi connectivity index (χ1n) is 8.25. The molecule has 0 atom stereocenters. The average Bonchev–Trinajstić information content (AvgIpc) is 2.91. The number of hydrogen-bond acceptors (Lipinski definition) is 3. The van der Waals surface area contributed by atoms with E-state index in [1.165, 1.54) is 18.4 Å². The van der Waals surface area contributed by atoms with Gasteiger partial charge in [0.25, 0.3) is 0 Å². The van der Waals surface area contributed by atoms with E-state index in [4.69, 9.17) is 9.15 Å². The fraction of sp³-hybridized carbons (Fsp3) is 0.421. The molecule has 0 saturated heterocycles. The number of fused-ring (bicyclic) bond motifs is 3. The van der Waals surface area contributed by atoms with Crippen molar-refractivity contribution in [2.75, 3.05) is 13.7 Å². The Morgan fingerprint density at radius 3 is 2.87 bits per heavy atom. The number of carbonyl (C=O) groups is 1. The van der Waals surface area contributed by atoms with Crippen LogP contribution in [-0.2, 0) is 17.6 Å². The van der Waals surface area contributed by atoms with E-state index < -0.39 is 0 Å². The van der Waals surface area contributed by atoms with E-state index in [1.54, 1.807) is 13.1 Å². The number of nitrogens with one attached hydrogen (secondary N) is 1. The van der Waals surface area contributed by atoms with E-state index in [-0.39, 0.29) is 5.91 Å². The molecule has 0 unspecified atom stereocenters. The highest BCUT2D eigenvalue weighted by molar-refractivity contribution is 5.97. The molecule has 0 bridgehead atoms. The Bertz CT molecular complexity index is 771. The number of allylic oxidation sites excluding steroid dienone is 1. The lowest BCUT2D eigenvalue weighted by molar-refractivity contribution is -0.116. The number of ether oxygens (including phenoxy) is 1. The van der Waals surface area contributed by atoms with Crippen LogP contribution in [0.3, 0.4) is 0 Å². The predicted molar refractivity (Wildman–Crippen MR) is 91.7 cm³/mol. The Morgan fingerprint density at radius 1 is 1.35 bits per heavy atom. The summed E-state index contributed by atoms with van der Waals surface area (Å²) in [5.74, 6) is 1.77. The number of rotatable bonds is 4. The fourth-order valence-electron chi connectivity index (χ4n) is 3.22. The molecule has 1 aliphatic rings. The summed E-state index contributed by atoms with van der Waals surface area (Å²) in [4.78, 5) is 11.7. The molecule has 122 valence electrons. The molecule has 23 heavy (non-hydrogen) atoms. The summed E-state index contributed by atoms with van der Waals surface area (Å²) >= 11 is 0. The molecule has 0 radical (unpaired) electrons. The second kappa shape index (κ2) is 6.49. The number of likely N-dealkylation sites (N-methyl/N-ethyl adjacent to an activating group) is 1. The van der Waals surface area contributed by atoms with Crippen molar-refractivity contribution >= 4 is 22.4 Å². The number of amides is 1. The van der Waals surface area contributed by atoms with Gasteiger partial charge >= 0.3 is 0 Å². The van der Waals surface area contributed by atoms with Crippen LogP contribution in [0.1, 0.15) is 43.6 Å². The smallest absolute Gasteiger partial charge is 0.244 e. The van der Waals surface area contributed by atoms with Gasteiger partial charge in [-0.05, 0) is 44.7 Å². The van der Waals surface area contributed by atoms with Crippen molar-refractivity contribution in [2.24, 2.45) is 0 Å². The molecule has 1 aromatic carbocycles. The third kappa shape index (κ3) is 2.98. The Morgan fingerprint density at radius 2 is 2.13 bits per heavy atom. The molecule has 1 heterocycles. The van der Waals surface area contributed by atoms with Crippen LogP contribution in [0.25, 0.3) is 16.5 Å². The lowest BCUT2D eigenvalue weighted by Gasteiger charge is -2.12. The van der Waals surface area contributed by atoms with Crippen LogP contribution < -0.4 is 10.1 Å². The Labute approximate surface area is 136 Å². The molecule has 2 aromatic rings. The van der Waals surface area contributed by atoms with Crippen LogP contribution >= 0.6 is 0 Å². The van der Waals surface area contributed by atoms with Gasteiger partial charge in [-0.25, -0.2) is 0 Å². The largest absolute Gasteiger partial charge is 0.493 e. The second-order valence-electron chi connectivity index (χ2n) is 5.93. The Kier molecular flexibility index (Phi) is 4.42. The first-order valence-corrected chi connectivity index (χ1v) is 8.25. The van der Waals surface area contributed by atoms with Crippen molar-refractivity contribution in [1.82, 2.24) is 5.32 Å². The van der Waals surface area contributed by atoms with Gasteiger partial charge in [-0.15, -0.1) is 0 Å². The van der Waals surface area contributed by atoms with Crippen molar-refractivity contribution in [3.8, 4) is 5.75 Å². The Hall–Kier alpha value is -2.23. The summed E-state index contributed by atoms with van der Waals surface area (Å²) in [5, 5.41) is 3.78. The summed E-state index contributed by atoms with van der Waals surface area (Å²) in [6.07, 6.45) is 6.07. The van der Waals surface area contributed by atoms with E-state index in [0.29, 0.717) is 6.61 Å². The van der Waals surface area contributed by atoms with Crippen LogP contribution in [-0.4, -0.2) is 19.6 Å². The van der Waals surface area contributed by atoms with E-state index in [1.807, 2.05) is 19.9 Å². The minimum Gasteiger partial charge on any atom is -0.493 e. The third-order valence-corrected chi connectivity index (χ3v) is 4.38. The molecule has 0 aliphatic heterocycles. The molecule has 1 aliphatic carbocycles. The van der Waals surface area contributed by atoms with Gasteiger partial charge in [0.15, 0.2) is 0 Å². The normalized spacial score (nSPS) is 14.7. The van der Waals surface area contributed by atoms with E-state index in [0.717, 1.165) is 46.5 Å². The van der Waals surface area contributed by atoms with Crippen LogP contribution in [0, 0.1) is 0 Å². The topological polar surface area (TPSA) is 51.5 Å². The predicted octanol–water partition coefficient (Wildman–Crippen LogP) is 3.86. The zero-order chi connectivity index (χ0) is 16.4. The molecule has 0 spiro atoms. The molecule has 1 amide bonds. The Balaban J connectivity index is 2.16. The second-order valence-corrected chi connectivity index (χ2v) is 5.93. The maximum atomic E-state index is 11.7. The van der Waals surface area contributed by atoms with Gasteiger partial charge in [0.05, 0.1) is 6.61 Å². The lowest BCUT2D eigenvalue weighted by atomic mass is 9.94. The van der Waals surface area contributed by atoms with Gasteiger partial charge in [-0.2, -0.15) is 0 Å². The number of benzene rings is 1. The zero-order valence-corrected chi connectivity index (χ0v) is 14.0. The molecular formula is C19H23NO3. The standard InChI is InChI=1S/C19H23NO3/c1-4-22-17-11-18-15(13-7-5-6-8-16(13)23-18)10-14(17)12(2)9-19(21)20-3/h9-11H,4-8H2,1-3H3,(H,20,21)/b12-9+. The first kappa shape index (κ1) is 15.7. The maximum Gasteiger partial charge on any atom is 0.244 e. The molecule has 4 nitrogen and oxygen atoms in total. The lowest BCUT2D eigenvalue weighted by Crippen LogP contribution is -2.14. The van der Waals surface area contributed by atoms with E-state index >= 15 is 0 Å². The number of hydrogen-bond donors (Lipinski definition) is 1. The minimum absolute atomic E-state index is 0.112. The summed E-state index contributed by atoms with van der Waals surface area (Å²) in [6.45, 7) is 4.47. The van der Waals surface area contributed by atoms with Crippen molar-refractivity contribution in [2.45, 2.75) is 39.5 Å². The highest BCUT2D eigenvalue weighted by atomic mass is 16.5. The molecule has 0 saturated carbocycles. The number of furan rings is 1. The number of carbonyl (C=O) groups excluding carboxylic acids is 1. The molecule has 4 heteroatoms. The van der Waals surface area contributed by atoms with E-state index in [9.17, 15) is 4.79 Å². The maximum absolute atomic E-state index is 11.7. The van der Waals surface area contributed by atoms with Crippen molar-refractivity contribution in [3.63, 3.8) is 0 Å². The van der Waals surface area contributed by atoms with E-state index in [2.05, 4.69) is 11.4 Å². The molecule has 0 fully saturated rings. The van der Waals surface area contributed by atoms with Crippen LogP contribution in [0.5, 0.6) is 5.75 Å². The molecule has 1 aromatic heterocycles. The third-order valence-electron chi connectivity index (χ3n) is 4.38. The summed E-state index contributed by atoms with van der Waals surface area (Å²) in [5.41, 5.74) is 4.05. The van der Waals surface area contributed by atoms with Gasteiger partial charge in [0.2, 0.25) is 5.91 Å². The van der Waals surface area contributed by atoms with Crippen molar-refractivity contribution < 1.29 is 13.9 Å². The highest BCUT2D eigenvalue weighted by Gasteiger charge is 2.20. The zero-order valence-electron chi connectivity index (χ0n) is 14.0. The highest BCUT2D eigenvalue weighted by Crippen LogP contribution is 2.37. The van der Waals surface area contributed by atoms with Gasteiger partial charge in [-0.3, -0.25) is 4.79 Å². The fourth-order valence-corrected chi connectivity index (χ4v) is 3.22. The van der Waals surface area contributed by atoms with Crippen molar-refractivity contribution in [1.29, 1.82) is 0 Å². The molecular weight excluding hydrogens is 290 g/mol. The molecule has 3 rings (SSSR count). The number of aryl methyl sites for hydroxylation is 2. The summed E-state index contributed by atoms with van der Waals surface area (Å²) in [6, 6.07) is 4.08. The average molecular weight is 313 g/mol. The van der Waals surface area contributed by atoms with Crippen molar-refractivity contribution in [3.05, 3.63) is 35.1 Å². The van der Waals surface area contributed by atoms with Crippen LogP contribution in [0.15, 0.2) is 22.6 Å². The van der Waals surface area contributed by atoms with Gasteiger partial charge in [-0.1, -0.05) is 0 Å². The van der Waals surface area contributed by atoms with Gasteiger partial charge < -0.3 is 14.5 Å². The summed E-state index contributed by atoms with van der Waals surface area (Å²) in [7, 11) is 1.63. The quantitative estimate of drug-likeness (QED) is 0.872. The minimum atomic E-state index is -0.112. The van der Waals surface area contributed by atoms with Gasteiger partial charge in [0.1, 0.15) is 17.1 Å². The van der Waals surface area contributed by atoms with Crippen LogP contribution in [0.2, 0.25) is 0 Å². The monoisotopic (exact) mass is 313 g/mol. The van der Waals surface area contributed by atoms with Gasteiger partial charge in [0, 0.05) is 42.1 Å². The first-order chi connectivity index (χ1) is 11.1.